The molecule has 2 nitrogen and oxygen atoms in total. The topological polar surface area (TPSA) is 26.3 Å². The molecule has 0 aromatic heterocycles. The van der Waals surface area contributed by atoms with Crippen molar-refractivity contribution in [3.8, 4) is 11.5 Å². The number of ketones is 1. The van der Waals surface area contributed by atoms with E-state index in [4.69, 9.17) is 4.74 Å². The van der Waals surface area contributed by atoms with Crippen LogP contribution >= 0.6 is 9.24 Å². The Balaban J connectivity index is 0.00000243. The van der Waals surface area contributed by atoms with Crippen molar-refractivity contribution in [3.63, 3.8) is 0 Å². The molecule has 0 aliphatic carbocycles. The number of para-hydroxylation sites is 1. The Morgan fingerprint density at radius 3 is 2.04 bits per heavy atom. The van der Waals surface area contributed by atoms with Gasteiger partial charge in [0, 0.05) is 5.56 Å². The molecule has 0 aliphatic heterocycles. The predicted octanol–water partition coefficient (Wildman–Crippen LogP) is 4.49. The van der Waals surface area contributed by atoms with E-state index in [2.05, 4.69) is 9.24 Å². The summed E-state index contributed by atoms with van der Waals surface area (Å²) in [6.07, 6.45) is 0. The average Bonchev–Trinajstić information content (AvgIpc) is 2.59. The maximum absolute atomic E-state index is 13.4. The van der Waals surface area contributed by atoms with Crippen molar-refractivity contribution in [1.29, 1.82) is 0 Å². The fraction of sp³-hybridized carbons (Fsp3) is 0.136. The molecule has 0 fully saturated rings. The summed E-state index contributed by atoms with van der Waals surface area (Å²) in [4.78, 5) is 13.4. The van der Waals surface area contributed by atoms with Crippen molar-refractivity contribution in [2.45, 2.75) is 20.8 Å². The van der Waals surface area contributed by atoms with Crippen molar-refractivity contribution in [1.82, 2.24) is 0 Å². The Kier molecular flexibility index (Phi) is 6.85. The summed E-state index contributed by atoms with van der Waals surface area (Å²) in [5, 5.41) is 0.995. The molecular formula is C22H22LiO2P. The number of hydrogen-bond acceptors (Lipinski definition) is 2. The molecule has 0 saturated heterocycles. The average molecular weight is 356 g/mol. The summed E-state index contributed by atoms with van der Waals surface area (Å²) in [6, 6.07) is 19.3. The van der Waals surface area contributed by atoms with E-state index >= 15 is 0 Å². The number of carbonyl (C=O) groups excluding carboxylic acids is 1. The summed E-state index contributed by atoms with van der Waals surface area (Å²) in [6.45, 7) is 5.90. The molecule has 0 spiro atoms. The second-order valence-electron chi connectivity index (χ2n) is 6.16. The molecule has 4 heteroatoms. The standard InChI is InChI=1S/C22H21O2P.Li.H/c1-14-8-7-9-15(2)20(14)22(23)21-16(3)19(25)13-12-18(21)24-17-10-5-4-6-11-17;;/h4-13H,25H2,1-3H3;;. The van der Waals surface area contributed by atoms with Crippen LogP contribution in [0.25, 0.3) is 0 Å². The number of benzene rings is 3. The third-order valence-corrected chi connectivity index (χ3v) is 5.00. The van der Waals surface area contributed by atoms with Crippen LogP contribution in [0, 0.1) is 20.8 Å². The number of rotatable bonds is 4. The van der Waals surface area contributed by atoms with Crippen molar-refractivity contribution >= 4 is 39.2 Å². The van der Waals surface area contributed by atoms with Crippen LogP contribution in [0.3, 0.4) is 0 Å². The molecule has 0 N–H and O–H groups in total. The van der Waals surface area contributed by atoms with Crippen LogP contribution in [0.1, 0.15) is 32.6 Å². The molecule has 3 aromatic carbocycles. The van der Waals surface area contributed by atoms with E-state index in [1.165, 1.54) is 0 Å². The quantitative estimate of drug-likeness (QED) is 0.391. The summed E-state index contributed by atoms with van der Waals surface area (Å²) < 4.78 is 6.04. The van der Waals surface area contributed by atoms with Gasteiger partial charge in [-0.15, -0.1) is 9.24 Å². The summed E-state index contributed by atoms with van der Waals surface area (Å²) in [7, 11) is 2.69. The van der Waals surface area contributed by atoms with Crippen molar-refractivity contribution in [3.05, 3.63) is 88.5 Å². The van der Waals surface area contributed by atoms with Crippen LogP contribution < -0.4 is 10.0 Å². The van der Waals surface area contributed by atoms with E-state index < -0.39 is 0 Å². The molecule has 0 radical (unpaired) electrons. The zero-order valence-corrected chi connectivity index (χ0v) is 15.8. The van der Waals surface area contributed by atoms with Gasteiger partial charge in [0.05, 0.1) is 5.56 Å². The molecule has 3 aromatic rings. The van der Waals surface area contributed by atoms with Crippen LogP contribution in [0.5, 0.6) is 11.5 Å². The van der Waals surface area contributed by atoms with Gasteiger partial charge >= 0.3 is 18.9 Å². The van der Waals surface area contributed by atoms with Crippen molar-refractivity contribution < 1.29 is 9.53 Å². The van der Waals surface area contributed by atoms with E-state index in [0.29, 0.717) is 17.1 Å². The second kappa shape index (κ2) is 8.70. The number of carbonyl (C=O) groups is 1. The number of hydrogen-bond donors (Lipinski definition) is 0. The molecule has 26 heavy (non-hydrogen) atoms. The van der Waals surface area contributed by atoms with Crippen molar-refractivity contribution in [2.24, 2.45) is 0 Å². The summed E-state index contributed by atoms with van der Waals surface area (Å²) in [5.74, 6) is 1.31. The van der Waals surface area contributed by atoms with Gasteiger partial charge in [0.15, 0.2) is 5.78 Å². The molecular weight excluding hydrogens is 334 g/mol. The minimum atomic E-state index is 0. The van der Waals surface area contributed by atoms with Crippen molar-refractivity contribution in [2.75, 3.05) is 0 Å². The van der Waals surface area contributed by atoms with Gasteiger partial charge in [-0.25, -0.2) is 0 Å². The predicted molar refractivity (Wildman–Crippen MR) is 114 cm³/mol. The molecule has 3 rings (SSSR count). The normalized spacial score (nSPS) is 10.2. The summed E-state index contributed by atoms with van der Waals surface area (Å²) >= 11 is 0. The van der Waals surface area contributed by atoms with Gasteiger partial charge in [-0.3, -0.25) is 4.79 Å². The Bertz CT molecular complexity index is 916. The van der Waals surface area contributed by atoms with Crippen LogP contribution in [-0.4, -0.2) is 24.6 Å². The Morgan fingerprint density at radius 2 is 1.42 bits per heavy atom. The molecule has 0 bridgehead atoms. The van der Waals surface area contributed by atoms with Crippen LogP contribution in [0.15, 0.2) is 60.7 Å². The van der Waals surface area contributed by atoms with Crippen LogP contribution in [0.4, 0.5) is 0 Å². The second-order valence-corrected chi connectivity index (χ2v) is 6.79. The van der Waals surface area contributed by atoms with Gasteiger partial charge in [0.2, 0.25) is 0 Å². The first-order valence-corrected chi connectivity index (χ1v) is 8.79. The van der Waals surface area contributed by atoms with E-state index in [0.717, 1.165) is 27.6 Å². The van der Waals surface area contributed by atoms with E-state index in [1.54, 1.807) is 0 Å². The third-order valence-electron chi connectivity index (χ3n) is 4.37. The molecule has 0 heterocycles. The van der Waals surface area contributed by atoms with Crippen LogP contribution in [-0.2, 0) is 0 Å². The maximum atomic E-state index is 13.4. The SMILES string of the molecule is Cc1cccc(C)c1C(=O)c1c(Oc2ccccc2)ccc(P)c1C.[LiH]. The van der Waals surface area contributed by atoms with Crippen LogP contribution in [0.2, 0.25) is 0 Å². The molecule has 0 amide bonds. The Morgan fingerprint density at radius 1 is 0.808 bits per heavy atom. The van der Waals surface area contributed by atoms with Gasteiger partial charge in [0.25, 0.3) is 0 Å². The van der Waals surface area contributed by atoms with Gasteiger partial charge in [-0.05, 0) is 61.0 Å². The first-order chi connectivity index (χ1) is 12.0. The van der Waals surface area contributed by atoms with E-state index in [9.17, 15) is 4.79 Å². The monoisotopic (exact) mass is 356 g/mol. The van der Waals surface area contributed by atoms with E-state index in [1.807, 2.05) is 81.4 Å². The minimum absolute atomic E-state index is 0. The third kappa shape index (κ3) is 4.10. The zero-order valence-electron chi connectivity index (χ0n) is 14.7. The van der Waals surface area contributed by atoms with Gasteiger partial charge in [0.1, 0.15) is 11.5 Å². The molecule has 128 valence electrons. The molecule has 0 aliphatic rings. The van der Waals surface area contributed by atoms with Gasteiger partial charge in [-0.1, -0.05) is 42.5 Å². The first kappa shape index (κ1) is 20.5. The fourth-order valence-electron chi connectivity index (χ4n) is 2.98. The molecule has 1 unspecified atom stereocenters. The van der Waals surface area contributed by atoms with Gasteiger partial charge < -0.3 is 4.74 Å². The summed E-state index contributed by atoms with van der Waals surface area (Å²) in [5.41, 5.74) is 4.24. The number of ether oxygens (including phenoxy) is 1. The Hall–Kier alpha value is -1.84. The number of aryl methyl sites for hydroxylation is 2. The van der Waals surface area contributed by atoms with E-state index in [-0.39, 0.29) is 24.6 Å². The first-order valence-electron chi connectivity index (χ1n) is 8.22. The molecule has 0 saturated carbocycles. The fourth-order valence-corrected chi connectivity index (χ4v) is 3.22. The zero-order chi connectivity index (χ0) is 18.0. The van der Waals surface area contributed by atoms with Gasteiger partial charge in [-0.2, -0.15) is 0 Å². The Labute approximate surface area is 169 Å². The molecule has 1 atom stereocenters.